The zero-order chi connectivity index (χ0) is 12.8. The standard InChI is InChI=1S/C13H26N4/c1-11(2)8-12(14)13-9-15-10-17(13)7-5-6-16(3)4/h9-12H,5-8,14H2,1-4H3. The summed E-state index contributed by atoms with van der Waals surface area (Å²) < 4.78 is 2.19. The van der Waals surface area contributed by atoms with E-state index in [2.05, 4.69) is 42.4 Å². The fourth-order valence-corrected chi connectivity index (χ4v) is 2.01. The van der Waals surface area contributed by atoms with Gasteiger partial charge in [-0.2, -0.15) is 0 Å². The minimum absolute atomic E-state index is 0.108. The third-order valence-corrected chi connectivity index (χ3v) is 2.85. The maximum absolute atomic E-state index is 6.20. The lowest BCUT2D eigenvalue weighted by atomic mass is 10.0. The summed E-state index contributed by atoms with van der Waals surface area (Å²) in [5, 5.41) is 0. The first-order chi connectivity index (χ1) is 8.00. The Hall–Kier alpha value is -0.870. The van der Waals surface area contributed by atoms with Crippen LogP contribution >= 0.6 is 0 Å². The van der Waals surface area contributed by atoms with Gasteiger partial charge in [0.05, 0.1) is 12.0 Å². The van der Waals surface area contributed by atoms with E-state index in [-0.39, 0.29) is 6.04 Å². The van der Waals surface area contributed by atoms with Crippen molar-refractivity contribution in [2.24, 2.45) is 11.7 Å². The first-order valence-corrected chi connectivity index (χ1v) is 6.41. The second-order valence-electron chi connectivity index (χ2n) is 5.40. The van der Waals surface area contributed by atoms with Gasteiger partial charge in [0.2, 0.25) is 0 Å². The summed E-state index contributed by atoms with van der Waals surface area (Å²) in [7, 11) is 4.19. The van der Waals surface area contributed by atoms with E-state index in [1.54, 1.807) is 0 Å². The predicted octanol–water partition coefficient (Wildman–Crippen LogP) is 1.88. The summed E-state index contributed by atoms with van der Waals surface area (Å²) in [6, 6.07) is 0.108. The van der Waals surface area contributed by atoms with E-state index in [9.17, 15) is 0 Å². The van der Waals surface area contributed by atoms with Gasteiger partial charge in [-0.15, -0.1) is 0 Å². The number of rotatable bonds is 7. The van der Waals surface area contributed by atoms with Crippen molar-refractivity contribution in [2.75, 3.05) is 20.6 Å². The molecule has 0 saturated heterocycles. The van der Waals surface area contributed by atoms with Gasteiger partial charge in [-0.25, -0.2) is 4.98 Å². The average molecular weight is 238 g/mol. The molecule has 98 valence electrons. The summed E-state index contributed by atoms with van der Waals surface area (Å²) in [6.45, 7) is 6.50. The first-order valence-electron chi connectivity index (χ1n) is 6.41. The Morgan fingerprint density at radius 3 is 2.71 bits per heavy atom. The van der Waals surface area contributed by atoms with Gasteiger partial charge < -0.3 is 15.2 Å². The topological polar surface area (TPSA) is 47.1 Å². The van der Waals surface area contributed by atoms with Crippen LogP contribution < -0.4 is 5.73 Å². The summed E-state index contributed by atoms with van der Waals surface area (Å²) in [4.78, 5) is 6.42. The molecule has 0 aliphatic rings. The van der Waals surface area contributed by atoms with Gasteiger partial charge >= 0.3 is 0 Å². The van der Waals surface area contributed by atoms with E-state index in [1.165, 1.54) is 0 Å². The maximum atomic E-state index is 6.20. The van der Waals surface area contributed by atoms with Crippen molar-refractivity contribution in [1.82, 2.24) is 14.5 Å². The minimum Gasteiger partial charge on any atom is -0.333 e. The van der Waals surface area contributed by atoms with E-state index in [4.69, 9.17) is 5.73 Å². The van der Waals surface area contributed by atoms with Crippen molar-refractivity contribution in [1.29, 1.82) is 0 Å². The van der Waals surface area contributed by atoms with Crippen LogP contribution in [-0.4, -0.2) is 35.1 Å². The lowest BCUT2D eigenvalue weighted by Gasteiger charge is -2.17. The van der Waals surface area contributed by atoms with Crippen LogP contribution in [-0.2, 0) is 6.54 Å². The average Bonchev–Trinajstić information content (AvgIpc) is 2.64. The van der Waals surface area contributed by atoms with Gasteiger partial charge in [-0.3, -0.25) is 0 Å². The molecule has 17 heavy (non-hydrogen) atoms. The second kappa shape index (κ2) is 6.77. The summed E-state index contributed by atoms with van der Waals surface area (Å²) in [5.74, 6) is 0.620. The lowest BCUT2D eigenvalue weighted by molar-refractivity contribution is 0.382. The van der Waals surface area contributed by atoms with Crippen LogP contribution in [0.25, 0.3) is 0 Å². The van der Waals surface area contributed by atoms with Crippen molar-refractivity contribution in [3.63, 3.8) is 0 Å². The van der Waals surface area contributed by atoms with Crippen LogP contribution in [0.5, 0.6) is 0 Å². The van der Waals surface area contributed by atoms with Crippen molar-refractivity contribution in [3.05, 3.63) is 18.2 Å². The number of nitrogens with zero attached hydrogens (tertiary/aromatic N) is 3. The fourth-order valence-electron chi connectivity index (χ4n) is 2.01. The van der Waals surface area contributed by atoms with E-state index in [1.807, 2.05) is 12.5 Å². The molecule has 0 saturated carbocycles. The Bertz CT molecular complexity index is 317. The Morgan fingerprint density at radius 1 is 1.41 bits per heavy atom. The van der Waals surface area contributed by atoms with Crippen LogP contribution in [0.15, 0.2) is 12.5 Å². The molecule has 4 heteroatoms. The highest BCUT2D eigenvalue weighted by Crippen LogP contribution is 2.18. The largest absolute Gasteiger partial charge is 0.333 e. The zero-order valence-corrected chi connectivity index (χ0v) is 11.6. The molecule has 0 aliphatic heterocycles. The molecule has 2 N–H and O–H groups in total. The molecule has 1 aromatic rings. The van der Waals surface area contributed by atoms with Gasteiger partial charge in [-0.05, 0) is 39.4 Å². The number of aryl methyl sites for hydroxylation is 1. The van der Waals surface area contributed by atoms with Crippen molar-refractivity contribution >= 4 is 0 Å². The maximum Gasteiger partial charge on any atom is 0.0948 e. The number of nitrogens with two attached hydrogens (primary N) is 1. The van der Waals surface area contributed by atoms with Crippen LogP contribution in [0.1, 0.15) is 38.4 Å². The molecule has 0 bridgehead atoms. The van der Waals surface area contributed by atoms with Crippen molar-refractivity contribution < 1.29 is 0 Å². The molecule has 1 rings (SSSR count). The van der Waals surface area contributed by atoms with Gasteiger partial charge in [-0.1, -0.05) is 13.8 Å². The van der Waals surface area contributed by atoms with Crippen LogP contribution in [0.2, 0.25) is 0 Å². The molecule has 0 amide bonds. The normalized spacial score (nSPS) is 13.6. The van der Waals surface area contributed by atoms with Gasteiger partial charge in [0.1, 0.15) is 0 Å². The molecule has 1 aromatic heterocycles. The van der Waals surface area contributed by atoms with Crippen molar-refractivity contribution in [2.45, 2.75) is 39.3 Å². The summed E-state index contributed by atoms with van der Waals surface area (Å²) in [5.41, 5.74) is 7.37. The second-order valence-corrected chi connectivity index (χ2v) is 5.40. The molecule has 1 unspecified atom stereocenters. The molecule has 0 aliphatic carbocycles. The van der Waals surface area contributed by atoms with Gasteiger partial charge in [0.15, 0.2) is 0 Å². The first kappa shape index (κ1) is 14.2. The fraction of sp³-hybridized carbons (Fsp3) is 0.769. The Morgan fingerprint density at radius 2 is 2.12 bits per heavy atom. The van der Waals surface area contributed by atoms with E-state index >= 15 is 0 Å². The van der Waals surface area contributed by atoms with Gasteiger partial charge in [0.25, 0.3) is 0 Å². The molecular formula is C13H26N4. The van der Waals surface area contributed by atoms with Gasteiger partial charge in [0, 0.05) is 18.8 Å². The summed E-state index contributed by atoms with van der Waals surface area (Å²) >= 11 is 0. The lowest BCUT2D eigenvalue weighted by Crippen LogP contribution is -2.19. The highest BCUT2D eigenvalue weighted by molar-refractivity contribution is 5.04. The molecule has 0 radical (unpaired) electrons. The monoisotopic (exact) mass is 238 g/mol. The Kier molecular flexibility index (Phi) is 5.65. The molecule has 0 fully saturated rings. The smallest absolute Gasteiger partial charge is 0.0948 e. The molecule has 0 spiro atoms. The predicted molar refractivity (Wildman–Crippen MR) is 71.8 cm³/mol. The van der Waals surface area contributed by atoms with E-state index in [0.29, 0.717) is 5.92 Å². The summed E-state index contributed by atoms with van der Waals surface area (Å²) in [6.07, 6.45) is 5.94. The van der Waals surface area contributed by atoms with E-state index in [0.717, 1.165) is 31.6 Å². The SMILES string of the molecule is CC(C)CC(N)c1cncn1CCCN(C)C. The van der Waals surface area contributed by atoms with Crippen LogP contribution in [0.4, 0.5) is 0 Å². The molecule has 4 nitrogen and oxygen atoms in total. The molecule has 0 aromatic carbocycles. The third kappa shape index (κ3) is 4.88. The van der Waals surface area contributed by atoms with Crippen LogP contribution in [0, 0.1) is 5.92 Å². The van der Waals surface area contributed by atoms with Crippen LogP contribution in [0.3, 0.4) is 0 Å². The highest BCUT2D eigenvalue weighted by atomic mass is 15.1. The number of hydrogen-bond donors (Lipinski definition) is 1. The molecule has 1 atom stereocenters. The number of hydrogen-bond acceptors (Lipinski definition) is 3. The number of imidazole rings is 1. The Labute approximate surface area is 105 Å². The quantitative estimate of drug-likeness (QED) is 0.789. The minimum atomic E-state index is 0.108. The zero-order valence-electron chi connectivity index (χ0n) is 11.6. The van der Waals surface area contributed by atoms with Crippen molar-refractivity contribution in [3.8, 4) is 0 Å². The highest BCUT2D eigenvalue weighted by Gasteiger charge is 2.12. The third-order valence-electron chi connectivity index (χ3n) is 2.85. The number of aromatic nitrogens is 2. The molecular weight excluding hydrogens is 212 g/mol. The molecule has 1 heterocycles. The Balaban J connectivity index is 2.53. The van der Waals surface area contributed by atoms with E-state index < -0.39 is 0 Å².